The van der Waals surface area contributed by atoms with Gasteiger partial charge in [0.25, 0.3) is 0 Å². The second-order valence-corrected chi connectivity index (χ2v) is 7.10. The highest BCUT2D eigenvalue weighted by atomic mass is 79.9. The van der Waals surface area contributed by atoms with Crippen molar-refractivity contribution in [1.82, 2.24) is 9.88 Å². The number of fused-ring (bicyclic) bond motifs is 3. The zero-order valence-corrected chi connectivity index (χ0v) is 15.2. The number of para-hydroxylation sites is 1. The van der Waals surface area contributed by atoms with Crippen LogP contribution >= 0.6 is 15.9 Å². The number of rotatable bonds is 5. The number of nitrogens with one attached hydrogen (secondary N) is 1. The fourth-order valence-corrected chi connectivity index (χ4v) is 3.93. The van der Waals surface area contributed by atoms with E-state index < -0.39 is 0 Å². The zero-order valence-electron chi connectivity index (χ0n) is 13.6. The van der Waals surface area contributed by atoms with Crippen LogP contribution in [-0.4, -0.2) is 17.7 Å². The summed E-state index contributed by atoms with van der Waals surface area (Å²) in [6, 6.07) is 16.8. The van der Waals surface area contributed by atoms with E-state index in [9.17, 15) is 0 Å². The molecule has 0 radical (unpaired) electrons. The first-order chi connectivity index (χ1) is 11.8. The number of halogens is 1. The highest BCUT2D eigenvalue weighted by Crippen LogP contribution is 2.28. The minimum Gasteiger partial charge on any atom is -0.493 e. The summed E-state index contributed by atoms with van der Waals surface area (Å²) in [4.78, 5) is 0. The summed E-state index contributed by atoms with van der Waals surface area (Å²) < 4.78 is 9.41. The molecule has 0 fully saturated rings. The monoisotopic (exact) mass is 384 g/mol. The Morgan fingerprint density at radius 1 is 1.12 bits per heavy atom. The molecule has 0 saturated carbocycles. The summed E-state index contributed by atoms with van der Waals surface area (Å²) in [5, 5.41) is 4.93. The van der Waals surface area contributed by atoms with Crippen LogP contribution in [0.2, 0.25) is 0 Å². The molecule has 1 aliphatic heterocycles. The lowest BCUT2D eigenvalue weighted by atomic mass is 10.1. The van der Waals surface area contributed by atoms with Gasteiger partial charge in [0.15, 0.2) is 0 Å². The molecule has 0 amide bonds. The van der Waals surface area contributed by atoms with E-state index in [0.29, 0.717) is 0 Å². The highest BCUT2D eigenvalue weighted by molar-refractivity contribution is 9.10. The Labute approximate surface area is 150 Å². The largest absolute Gasteiger partial charge is 0.493 e. The number of hydrogen-bond donors (Lipinski definition) is 1. The predicted octanol–water partition coefficient (Wildman–Crippen LogP) is 4.52. The predicted molar refractivity (Wildman–Crippen MR) is 102 cm³/mol. The van der Waals surface area contributed by atoms with Gasteiger partial charge in [0.1, 0.15) is 5.75 Å². The third-order valence-corrected chi connectivity index (χ3v) is 5.12. The van der Waals surface area contributed by atoms with E-state index in [1.807, 2.05) is 24.3 Å². The Bertz CT molecular complexity index is 856. The molecule has 0 bridgehead atoms. The molecule has 124 valence electrons. The first kappa shape index (κ1) is 15.7. The van der Waals surface area contributed by atoms with Crippen molar-refractivity contribution < 1.29 is 4.74 Å². The molecule has 2 heterocycles. The van der Waals surface area contributed by atoms with Gasteiger partial charge >= 0.3 is 0 Å². The number of nitrogens with zero attached hydrogens (tertiary/aromatic N) is 1. The van der Waals surface area contributed by atoms with Crippen LogP contribution in [0.5, 0.6) is 5.75 Å². The second-order valence-electron chi connectivity index (χ2n) is 6.18. The van der Waals surface area contributed by atoms with E-state index >= 15 is 0 Å². The molecule has 0 aliphatic carbocycles. The molecule has 4 heteroatoms. The first-order valence-corrected chi connectivity index (χ1v) is 9.30. The van der Waals surface area contributed by atoms with Gasteiger partial charge in [0, 0.05) is 34.2 Å². The molecule has 2 aromatic carbocycles. The lowest BCUT2D eigenvalue weighted by molar-refractivity contribution is 0.301. The van der Waals surface area contributed by atoms with Gasteiger partial charge in [0.2, 0.25) is 0 Å². The Balaban J connectivity index is 1.48. The Morgan fingerprint density at radius 2 is 2.04 bits per heavy atom. The summed E-state index contributed by atoms with van der Waals surface area (Å²) in [5.74, 6) is 0.922. The molecular weight excluding hydrogens is 364 g/mol. The molecule has 0 atom stereocenters. The van der Waals surface area contributed by atoms with E-state index in [4.69, 9.17) is 4.74 Å². The van der Waals surface area contributed by atoms with Gasteiger partial charge in [0.05, 0.1) is 6.61 Å². The van der Waals surface area contributed by atoms with Gasteiger partial charge in [-0.1, -0.05) is 40.2 Å². The number of aryl methyl sites for hydroxylation is 1. The Morgan fingerprint density at radius 3 is 2.96 bits per heavy atom. The smallest absolute Gasteiger partial charge is 0.120 e. The summed E-state index contributed by atoms with van der Waals surface area (Å²) in [5.41, 5.74) is 4.33. The Hall–Kier alpha value is -1.78. The second kappa shape index (κ2) is 6.99. The van der Waals surface area contributed by atoms with Gasteiger partial charge in [-0.15, -0.1) is 0 Å². The third kappa shape index (κ3) is 3.08. The lowest BCUT2D eigenvalue weighted by Gasteiger charge is -2.17. The standard InChI is InChI=1S/C20H21BrN2O/c21-15-5-3-6-16(13-15)24-12-4-11-23-19-8-2-1-7-17(19)18-9-10-22-14-20(18)23/h1-3,5-8,13,22H,4,9-12,14H2. The average Bonchev–Trinajstić information content (AvgIpc) is 2.93. The van der Waals surface area contributed by atoms with Crippen molar-refractivity contribution in [2.24, 2.45) is 0 Å². The zero-order chi connectivity index (χ0) is 16.4. The molecule has 3 aromatic rings. The van der Waals surface area contributed by atoms with Crippen LogP contribution < -0.4 is 10.1 Å². The molecule has 1 N–H and O–H groups in total. The van der Waals surface area contributed by atoms with Crippen molar-refractivity contribution >= 4 is 26.8 Å². The maximum absolute atomic E-state index is 5.88. The van der Waals surface area contributed by atoms with Crippen molar-refractivity contribution in [2.75, 3.05) is 13.2 Å². The first-order valence-electron chi connectivity index (χ1n) is 8.51. The fourth-order valence-electron chi connectivity index (χ4n) is 3.55. The number of ether oxygens (including phenoxy) is 1. The molecule has 1 aliphatic rings. The van der Waals surface area contributed by atoms with Crippen LogP contribution in [0.15, 0.2) is 53.0 Å². The molecule has 1 aromatic heterocycles. The van der Waals surface area contributed by atoms with Crippen molar-refractivity contribution in [3.8, 4) is 5.75 Å². The van der Waals surface area contributed by atoms with Gasteiger partial charge in [-0.3, -0.25) is 0 Å². The van der Waals surface area contributed by atoms with Gasteiger partial charge in [-0.05, 0) is 49.2 Å². The summed E-state index contributed by atoms with van der Waals surface area (Å²) in [7, 11) is 0. The molecular formula is C20H21BrN2O. The van der Waals surface area contributed by atoms with Crippen molar-refractivity contribution in [1.29, 1.82) is 0 Å². The third-order valence-electron chi connectivity index (χ3n) is 4.63. The maximum atomic E-state index is 5.88. The number of aromatic nitrogens is 1. The van der Waals surface area contributed by atoms with E-state index in [1.165, 1.54) is 22.2 Å². The quantitative estimate of drug-likeness (QED) is 0.654. The minimum absolute atomic E-state index is 0.727. The molecule has 4 rings (SSSR count). The number of hydrogen-bond acceptors (Lipinski definition) is 2. The van der Waals surface area contributed by atoms with Crippen LogP contribution in [0.3, 0.4) is 0 Å². The van der Waals surface area contributed by atoms with Crippen LogP contribution in [-0.2, 0) is 19.5 Å². The molecule has 0 spiro atoms. The summed E-state index contributed by atoms with van der Waals surface area (Å²) in [6.45, 7) is 3.76. The normalized spacial score (nSPS) is 13.9. The van der Waals surface area contributed by atoms with Crippen LogP contribution in [0.25, 0.3) is 10.9 Å². The molecule has 0 unspecified atom stereocenters. The van der Waals surface area contributed by atoms with E-state index in [1.54, 1.807) is 0 Å². The van der Waals surface area contributed by atoms with Gasteiger partial charge in [-0.25, -0.2) is 0 Å². The van der Waals surface area contributed by atoms with E-state index in [-0.39, 0.29) is 0 Å². The average molecular weight is 385 g/mol. The Kier molecular flexibility index (Phi) is 4.58. The van der Waals surface area contributed by atoms with Crippen LogP contribution in [0.1, 0.15) is 17.7 Å². The minimum atomic E-state index is 0.727. The van der Waals surface area contributed by atoms with Crippen molar-refractivity contribution in [3.63, 3.8) is 0 Å². The summed E-state index contributed by atoms with van der Waals surface area (Å²) in [6.07, 6.45) is 2.12. The van der Waals surface area contributed by atoms with Gasteiger partial charge in [-0.2, -0.15) is 0 Å². The topological polar surface area (TPSA) is 26.2 Å². The SMILES string of the molecule is Brc1cccc(OCCCn2c3c(c4ccccc42)CCNC3)c1. The highest BCUT2D eigenvalue weighted by Gasteiger charge is 2.18. The number of benzene rings is 2. The van der Waals surface area contributed by atoms with E-state index in [2.05, 4.69) is 50.1 Å². The van der Waals surface area contributed by atoms with Crippen LogP contribution in [0.4, 0.5) is 0 Å². The van der Waals surface area contributed by atoms with Crippen molar-refractivity contribution in [3.05, 3.63) is 64.3 Å². The van der Waals surface area contributed by atoms with Crippen molar-refractivity contribution in [2.45, 2.75) is 25.9 Å². The van der Waals surface area contributed by atoms with E-state index in [0.717, 1.165) is 49.3 Å². The molecule has 24 heavy (non-hydrogen) atoms. The fraction of sp³-hybridized carbons (Fsp3) is 0.300. The molecule has 3 nitrogen and oxygen atoms in total. The summed E-state index contributed by atoms with van der Waals surface area (Å²) >= 11 is 3.48. The maximum Gasteiger partial charge on any atom is 0.120 e. The van der Waals surface area contributed by atoms with Gasteiger partial charge < -0.3 is 14.6 Å². The van der Waals surface area contributed by atoms with Crippen LogP contribution in [0, 0.1) is 0 Å². The lowest BCUT2D eigenvalue weighted by Crippen LogP contribution is -2.25. The molecule has 0 saturated heterocycles.